The van der Waals surface area contributed by atoms with Gasteiger partial charge in [0, 0.05) is 18.9 Å². The van der Waals surface area contributed by atoms with Crippen molar-refractivity contribution in [3.05, 3.63) is 52.4 Å². The van der Waals surface area contributed by atoms with Gasteiger partial charge in [0.1, 0.15) is 0 Å². The van der Waals surface area contributed by atoms with Crippen molar-refractivity contribution in [2.75, 3.05) is 19.0 Å². The van der Waals surface area contributed by atoms with Gasteiger partial charge in [-0.1, -0.05) is 0 Å². The third kappa shape index (κ3) is 3.90. The Labute approximate surface area is 158 Å². The maximum Gasteiger partial charge on any atom is 0.240 e. The van der Waals surface area contributed by atoms with Crippen LogP contribution >= 0.6 is 27.3 Å². The van der Waals surface area contributed by atoms with E-state index in [1.807, 2.05) is 30.1 Å². The Balaban J connectivity index is 1.89. The molecule has 3 rings (SSSR count). The number of rotatable bonds is 5. The molecule has 1 aromatic carbocycles. The number of hydrogen-bond donors (Lipinski definition) is 1. The molecule has 0 aliphatic carbocycles. The molecule has 6 nitrogen and oxygen atoms in total. The summed E-state index contributed by atoms with van der Waals surface area (Å²) in [5.41, 5.74) is 1.63. The van der Waals surface area contributed by atoms with Gasteiger partial charge in [0.15, 0.2) is 0 Å². The second-order valence-corrected chi connectivity index (χ2v) is 9.46. The van der Waals surface area contributed by atoms with E-state index in [4.69, 9.17) is 0 Å². The van der Waals surface area contributed by atoms with Crippen LogP contribution in [0.25, 0.3) is 10.6 Å². The van der Waals surface area contributed by atoms with E-state index in [2.05, 4.69) is 30.6 Å². The lowest BCUT2D eigenvalue weighted by Gasteiger charge is -2.17. The van der Waals surface area contributed by atoms with Gasteiger partial charge in [-0.15, -0.1) is 11.3 Å². The van der Waals surface area contributed by atoms with Crippen LogP contribution in [0, 0.1) is 0 Å². The molecule has 0 amide bonds. The predicted octanol–water partition coefficient (Wildman–Crippen LogP) is 3.64. The molecule has 25 heavy (non-hydrogen) atoms. The van der Waals surface area contributed by atoms with Crippen LogP contribution in [0.1, 0.15) is 0 Å². The third-order valence-corrected chi connectivity index (χ3v) is 6.65. The second kappa shape index (κ2) is 7.20. The van der Waals surface area contributed by atoms with E-state index in [1.165, 1.54) is 7.05 Å². The minimum Gasteiger partial charge on any atom is -0.314 e. The molecule has 0 spiro atoms. The Morgan fingerprint density at radius 2 is 1.84 bits per heavy atom. The van der Waals surface area contributed by atoms with Crippen LogP contribution in [0.15, 0.2) is 57.3 Å². The lowest BCUT2D eigenvalue weighted by Crippen LogP contribution is -2.19. The van der Waals surface area contributed by atoms with Gasteiger partial charge < -0.3 is 4.90 Å². The molecule has 2 aromatic heterocycles. The lowest BCUT2D eigenvalue weighted by atomic mass is 10.3. The SMILES string of the molecule is CNS(=O)(=O)c1ccc(N(C)c2nccc(-c3ccc(Br)s3)n2)cc1. The van der Waals surface area contributed by atoms with E-state index in [1.54, 1.807) is 41.8 Å². The van der Waals surface area contributed by atoms with Crippen molar-refractivity contribution in [2.45, 2.75) is 4.90 Å². The van der Waals surface area contributed by atoms with Gasteiger partial charge in [-0.2, -0.15) is 0 Å². The molecule has 3 aromatic rings. The van der Waals surface area contributed by atoms with Gasteiger partial charge in [-0.05, 0) is 65.4 Å². The zero-order valence-electron chi connectivity index (χ0n) is 13.5. The van der Waals surface area contributed by atoms with E-state index in [0.29, 0.717) is 5.95 Å². The molecule has 0 saturated carbocycles. The summed E-state index contributed by atoms with van der Waals surface area (Å²) in [6.07, 6.45) is 1.71. The second-order valence-electron chi connectivity index (χ2n) is 5.11. The highest BCUT2D eigenvalue weighted by atomic mass is 79.9. The molecule has 0 bridgehead atoms. The van der Waals surface area contributed by atoms with Crippen molar-refractivity contribution in [1.82, 2.24) is 14.7 Å². The molecule has 0 aliphatic rings. The van der Waals surface area contributed by atoms with Crippen LogP contribution in [0.2, 0.25) is 0 Å². The van der Waals surface area contributed by atoms with Crippen LogP contribution in [-0.4, -0.2) is 32.5 Å². The van der Waals surface area contributed by atoms with Gasteiger partial charge in [-0.3, -0.25) is 0 Å². The van der Waals surface area contributed by atoms with Crippen molar-refractivity contribution < 1.29 is 8.42 Å². The van der Waals surface area contributed by atoms with Crippen molar-refractivity contribution in [3.8, 4) is 10.6 Å². The van der Waals surface area contributed by atoms with Crippen molar-refractivity contribution in [3.63, 3.8) is 0 Å². The number of nitrogens with zero attached hydrogens (tertiary/aromatic N) is 3. The lowest BCUT2D eigenvalue weighted by molar-refractivity contribution is 0.588. The van der Waals surface area contributed by atoms with Crippen LogP contribution < -0.4 is 9.62 Å². The summed E-state index contributed by atoms with van der Waals surface area (Å²) >= 11 is 5.05. The van der Waals surface area contributed by atoms with E-state index < -0.39 is 10.0 Å². The summed E-state index contributed by atoms with van der Waals surface area (Å²) in [7, 11) is -0.224. The van der Waals surface area contributed by atoms with E-state index in [9.17, 15) is 8.42 Å². The molecule has 0 fully saturated rings. The van der Waals surface area contributed by atoms with E-state index >= 15 is 0 Å². The standard InChI is InChI=1S/C16H15BrN4O2S2/c1-18-25(22,23)12-5-3-11(4-6-12)21(2)16-19-10-9-13(20-16)14-7-8-15(17)24-14/h3-10,18H,1-2H3. The van der Waals surface area contributed by atoms with Gasteiger partial charge in [0.2, 0.25) is 16.0 Å². The minimum atomic E-state index is -3.45. The Kier molecular flexibility index (Phi) is 5.19. The third-order valence-electron chi connectivity index (χ3n) is 3.57. The maximum atomic E-state index is 11.8. The smallest absolute Gasteiger partial charge is 0.240 e. The normalized spacial score (nSPS) is 11.5. The number of halogens is 1. The Morgan fingerprint density at radius 3 is 2.44 bits per heavy atom. The fraction of sp³-hybridized carbons (Fsp3) is 0.125. The number of anilines is 2. The number of aromatic nitrogens is 2. The molecule has 9 heteroatoms. The molecular formula is C16H15BrN4O2S2. The minimum absolute atomic E-state index is 0.213. The summed E-state index contributed by atoms with van der Waals surface area (Å²) in [6.45, 7) is 0. The molecule has 0 unspecified atom stereocenters. The quantitative estimate of drug-likeness (QED) is 0.657. The molecule has 130 valence electrons. The van der Waals surface area contributed by atoms with Crippen LogP contribution in [0.3, 0.4) is 0 Å². The first-order valence-electron chi connectivity index (χ1n) is 7.27. The first kappa shape index (κ1) is 18.0. The van der Waals surface area contributed by atoms with Crippen LogP contribution in [-0.2, 0) is 10.0 Å². The average Bonchev–Trinajstić information content (AvgIpc) is 3.08. The van der Waals surface area contributed by atoms with Crippen molar-refractivity contribution in [1.29, 1.82) is 0 Å². The topological polar surface area (TPSA) is 75.2 Å². The zero-order valence-corrected chi connectivity index (χ0v) is 16.7. The number of benzene rings is 1. The fourth-order valence-electron chi connectivity index (χ4n) is 2.18. The Morgan fingerprint density at radius 1 is 1.12 bits per heavy atom. The Bertz CT molecular complexity index is 987. The summed E-state index contributed by atoms with van der Waals surface area (Å²) in [6, 6.07) is 12.4. The molecule has 1 N–H and O–H groups in total. The van der Waals surface area contributed by atoms with Gasteiger partial charge >= 0.3 is 0 Å². The van der Waals surface area contributed by atoms with Gasteiger partial charge in [0.05, 0.1) is 19.3 Å². The van der Waals surface area contributed by atoms with Crippen LogP contribution in [0.4, 0.5) is 11.6 Å². The monoisotopic (exact) mass is 438 g/mol. The van der Waals surface area contributed by atoms with Gasteiger partial charge in [-0.25, -0.2) is 23.1 Å². The maximum absolute atomic E-state index is 11.8. The van der Waals surface area contributed by atoms with E-state index in [-0.39, 0.29) is 4.90 Å². The molecule has 0 atom stereocenters. The molecule has 0 saturated heterocycles. The highest BCUT2D eigenvalue weighted by molar-refractivity contribution is 9.11. The molecule has 0 radical (unpaired) electrons. The van der Waals surface area contributed by atoms with Crippen molar-refractivity contribution >= 4 is 48.9 Å². The largest absolute Gasteiger partial charge is 0.314 e. The highest BCUT2D eigenvalue weighted by Crippen LogP contribution is 2.31. The van der Waals surface area contributed by atoms with Gasteiger partial charge in [0.25, 0.3) is 0 Å². The molecular weight excluding hydrogens is 424 g/mol. The predicted molar refractivity (Wildman–Crippen MR) is 104 cm³/mol. The summed E-state index contributed by atoms with van der Waals surface area (Å²) in [5.74, 6) is 0.534. The average molecular weight is 439 g/mol. The van der Waals surface area contributed by atoms with Crippen LogP contribution in [0.5, 0.6) is 0 Å². The highest BCUT2D eigenvalue weighted by Gasteiger charge is 2.13. The number of sulfonamides is 1. The fourth-order valence-corrected chi connectivity index (χ4v) is 4.27. The molecule has 0 aliphatic heterocycles. The summed E-state index contributed by atoms with van der Waals surface area (Å²) < 4.78 is 26.9. The number of thiophene rings is 1. The number of hydrogen-bond acceptors (Lipinski definition) is 6. The van der Waals surface area contributed by atoms with Crippen molar-refractivity contribution in [2.24, 2.45) is 0 Å². The summed E-state index contributed by atoms with van der Waals surface area (Å²) in [5, 5.41) is 0. The number of nitrogens with one attached hydrogen (secondary N) is 1. The first-order valence-corrected chi connectivity index (χ1v) is 10.4. The van der Waals surface area contributed by atoms with E-state index in [0.717, 1.165) is 20.0 Å². The summed E-state index contributed by atoms with van der Waals surface area (Å²) in [4.78, 5) is 12.0. The first-order chi connectivity index (χ1) is 11.9. The zero-order chi connectivity index (χ0) is 18.0. The molecule has 2 heterocycles. The Hall–Kier alpha value is -1.81.